The zero-order valence-corrected chi connectivity index (χ0v) is 11.1. The molecule has 20 heavy (non-hydrogen) atoms. The second kappa shape index (κ2) is 5.22. The minimum atomic E-state index is -0.544. The topological polar surface area (TPSA) is 81.7 Å². The molecule has 0 saturated heterocycles. The van der Waals surface area contributed by atoms with Gasteiger partial charge in [0.15, 0.2) is 0 Å². The molecule has 1 saturated carbocycles. The molecule has 1 aromatic rings. The molecule has 1 aliphatic carbocycles. The smallest absolute Gasteiger partial charge is 0.274 e. The summed E-state index contributed by atoms with van der Waals surface area (Å²) in [5.74, 6) is 0.133. The van der Waals surface area contributed by atoms with E-state index < -0.39 is 5.91 Å². The largest absolute Gasteiger partial charge is 0.325 e. The number of nitrogens with one attached hydrogen (secondary N) is 2. The Labute approximate surface area is 116 Å². The number of hydroxylamine groups is 1. The monoisotopic (exact) mass is 275 g/mol. The van der Waals surface area contributed by atoms with Gasteiger partial charge < -0.3 is 5.32 Å². The summed E-state index contributed by atoms with van der Waals surface area (Å²) in [6.07, 6.45) is 2.47. The highest BCUT2D eigenvalue weighted by atomic mass is 16.5. The van der Waals surface area contributed by atoms with Crippen LogP contribution in [0.4, 0.5) is 5.69 Å². The molecule has 6 nitrogen and oxygen atoms in total. The zero-order chi connectivity index (χ0) is 14.1. The van der Waals surface area contributed by atoms with Crippen molar-refractivity contribution in [2.75, 3.05) is 18.4 Å². The molecule has 2 amide bonds. The lowest BCUT2D eigenvalue weighted by atomic mass is 10.1. The van der Waals surface area contributed by atoms with Crippen molar-refractivity contribution in [1.29, 1.82) is 0 Å². The van der Waals surface area contributed by atoms with E-state index in [2.05, 4.69) is 10.2 Å². The van der Waals surface area contributed by atoms with Crippen molar-refractivity contribution in [1.82, 2.24) is 10.4 Å². The highest BCUT2D eigenvalue weighted by molar-refractivity contribution is 5.97. The maximum atomic E-state index is 11.9. The highest BCUT2D eigenvalue weighted by Crippen LogP contribution is 2.31. The fraction of sp³-hybridized carbons (Fsp3) is 0.429. The van der Waals surface area contributed by atoms with Crippen LogP contribution in [0.25, 0.3) is 0 Å². The van der Waals surface area contributed by atoms with Crippen LogP contribution in [0.5, 0.6) is 0 Å². The molecule has 0 atom stereocenters. The van der Waals surface area contributed by atoms with Gasteiger partial charge in [-0.2, -0.15) is 0 Å². The van der Waals surface area contributed by atoms with Crippen LogP contribution in [-0.2, 0) is 11.3 Å². The Balaban J connectivity index is 1.86. The van der Waals surface area contributed by atoms with Crippen molar-refractivity contribution >= 4 is 17.5 Å². The Morgan fingerprint density at radius 3 is 2.90 bits per heavy atom. The Kier molecular flexibility index (Phi) is 3.42. The summed E-state index contributed by atoms with van der Waals surface area (Å²) in [7, 11) is 0. The number of fused-ring (bicyclic) bond motifs is 1. The van der Waals surface area contributed by atoms with Crippen molar-refractivity contribution in [3.8, 4) is 0 Å². The standard InChI is InChI=1S/C14H17N3O3/c18-13-8-17(6-9-1-2-9)7-11-5-10(14(19)16-20)3-4-12(11)15-13/h3-5,9,20H,1-2,6-8H2,(H,15,18)(H,16,19). The van der Waals surface area contributed by atoms with Crippen LogP contribution in [0.1, 0.15) is 28.8 Å². The molecule has 0 unspecified atom stereocenters. The first-order valence-corrected chi connectivity index (χ1v) is 6.75. The van der Waals surface area contributed by atoms with Gasteiger partial charge in [0.2, 0.25) is 5.91 Å². The number of anilines is 1. The van der Waals surface area contributed by atoms with Crippen LogP contribution in [0.15, 0.2) is 18.2 Å². The molecule has 106 valence electrons. The maximum Gasteiger partial charge on any atom is 0.274 e. The average Bonchev–Trinajstić information content (AvgIpc) is 3.24. The van der Waals surface area contributed by atoms with Crippen LogP contribution in [0, 0.1) is 5.92 Å². The molecular formula is C14H17N3O3. The molecular weight excluding hydrogens is 258 g/mol. The zero-order valence-electron chi connectivity index (χ0n) is 11.1. The molecule has 1 aliphatic heterocycles. The van der Waals surface area contributed by atoms with E-state index >= 15 is 0 Å². The number of hydrogen-bond donors (Lipinski definition) is 3. The van der Waals surface area contributed by atoms with Gasteiger partial charge in [0.25, 0.3) is 5.91 Å². The summed E-state index contributed by atoms with van der Waals surface area (Å²) in [5.41, 5.74) is 3.65. The van der Waals surface area contributed by atoms with Crippen LogP contribution in [0.2, 0.25) is 0 Å². The fourth-order valence-corrected chi connectivity index (χ4v) is 2.54. The predicted molar refractivity (Wildman–Crippen MR) is 72.3 cm³/mol. The van der Waals surface area contributed by atoms with E-state index in [0.29, 0.717) is 24.6 Å². The molecule has 1 aromatic carbocycles. The molecule has 2 aliphatic rings. The van der Waals surface area contributed by atoms with Gasteiger partial charge in [0.05, 0.1) is 6.54 Å². The highest BCUT2D eigenvalue weighted by Gasteiger charge is 2.27. The minimum Gasteiger partial charge on any atom is -0.325 e. The lowest BCUT2D eigenvalue weighted by Crippen LogP contribution is -2.31. The molecule has 6 heteroatoms. The molecule has 3 N–H and O–H groups in total. The number of rotatable bonds is 3. The normalized spacial score (nSPS) is 18.9. The third kappa shape index (κ3) is 2.81. The van der Waals surface area contributed by atoms with Gasteiger partial charge in [0, 0.05) is 24.3 Å². The van der Waals surface area contributed by atoms with Gasteiger partial charge in [-0.05, 0) is 42.5 Å². The number of carbonyl (C=O) groups is 2. The number of amides is 2. The number of hydrogen-bond acceptors (Lipinski definition) is 4. The molecule has 3 rings (SSSR count). The van der Waals surface area contributed by atoms with Gasteiger partial charge in [-0.3, -0.25) is 19.7 Å². The third-order valence-corrected chi connectivity index (χ3v) is 3.72. The summed E-state index contributed by atoms with van der Waals surface area (Å²) >= 11 is 0. The average molecular weight is 275 g/mol. The molecule has 0 spiro atoms. The Morgan fingerprint density at radius 1 is 1.40 bits per heavy atom. The van der Waals surface area contributed by atoms with Gasteiger partial charge in [0.1, 0.15) is 0 Å². The number of carbonyl (C=O) groups excluding carboxylic acids is 2. The van der Waals surface area contributed by atoms with Gasteiger partial charge in [-0.1, -0.05) is 0 Å². The second-order valence-electron chi connectivity index (χ2n) is 5.47. The van der Waals surface area contributed by atoms with Gasteiger partial charge in [-0.15, -0.1) is 0 Å². The molecule has 0 radical (unpaired) electrons. The summed E-state index contributed by atoms with van der Waals surface area (Å²) in [4.78, 5) is 25.4. The van der Waals surface area contributed by atoms with Crippen molar-refractivity contribution in [3.05, 3.63) is 29.3 Å². The summed E-state index contributed by atoms with van der Waals surface area (Å²) in [5, 5.41) is 11.5. The molecule has 1 fully saturated rings. The van der Waals surface area contributed by atoms with E-state index in [1.54, 1.807) is 23.7 Å². The van der Waals surface area contributed by atoms with Crippen molar-refractivity contribution < 1.29 is 14.8 Å². The van der Waals surface area contributed by atoms with E-state index in [0.717, 1.165) is 17.8 Å². The van der Waals surface area contributed by atoms with E-state index in [1.165, 1.54) is 12.8 Å². The van der Waals surface area contributed by atoms with E-state index in [1.807, 2.05) is 0 Å². The van der Waals surface area contributed by atoms with E-state index in [-0.39, 0.29) is 5.91 Å². The van der Waals surface area contributed by atoms with Crippen LogP contribution in [0.3, 0.4) is 0 Å². The summed E-state index contributed by atoms with van der Waals surface area (Å²) < 4.78 is 0. The quantitative estimate of drug-likeness (QED) is 0.567. The maximum absolute atomic E-state index is 11.9. The van der Waals surface area contributed by atoms with Crippen LogP contribution >= 0.6 is 0 Å². The Morgan fingerprint density at radius 2 is 2.20 bits per heavy atom. The Bertz CT molecular complexity index is 555. The van der Waals surface area contributed by atoms with Gasteiger partial charge in [-0.25, -0.2) is 5.48 Å². The number of benzene rings is 1. The van der Waals surface area contributed by atoms with E-state index in [9.17, 15) is 9.59 Å². The first kappa shape index (κ1) is 13.1. The van der Waals surface area contributed by atoms with Crippen LogP contribution in [-0.4, -0.2) is 35.0 Å². The van der Waals surface area contributed by atoms with E-state index in [4.69, 9.17) is 5.21 Å². The SMILES string of the molecule is O=C1CN(CC2CC2)Cc2cc(C(=O)NO)ccc2N1. The van der Waals surface area contributed by atoms with Crippen molar-refractivity contribution in [2.45, 2.75) is 19.4 Å². The first-order chi connectivity index (χ1) is 9.65. The summed E-state index contributed by atoms with van der Waals surface area (Å²) in [6.45, 7) is 1.94. The predicted octanol–water partition coefficient (Wildman–Crippen LogP) is 0.970. The third-order valence-electron chi connectivity index (χ3n) is 3.72. The Hall–Kier alpha value is -1.92. The lowest BCUT2D eigenvalue weighted by Gasteiger charge is -2.18. The molecule has 0 aromatic heterocycles. The molecule has 0 bridgehead atoms. The lowest BCUT2D eigenvalue weighted by molar-refractivity contribution is -0.117. The van der Waals surface area contributed by atoms with Crippen LogP contribution < -0.4 is 10.8 Å². The number of nitrogens with zero attached hydrogens (tertiary/aromatic N) is 1. The van der Waals surface area contributed by atoms with Crippen molar-refractivity contribution in [2.24, 2.45) is 5.92 Å². The summed E-state index contributed by atoms with van der Waals surface area (Å²) in [6, 6.07) is 5.01. The minimum absolute atomic E-state index is 0.0243. The fourth-order valence-electron chi connectivity index (χ4n) is 2.54. The van der Waals surface area contributed by atoms with Crippen molar-refractivity contribution in [3.63, 3.8) is 0 Å². The second-order valence-corrected chi connectivity index (χ2v) is 5.47. The van der Waals surface area contributed by atoms with Gasteiger partial charge >= 0.3 is 0 Å². The first-order valence-electron chi connectivity index (χ1n) is 6.75. The molecule has 1 heterocycles.